The third kappa shape index (κ3) is 4.21. The lowest BCUT2D eigenvalue weighted by Gasteiger charge is -2.12. The average Bonchev–Trinajstić information content (AvgIpc) is 3.04. The van der Waals surface area contributed by atoms with Crippen molar-refractivity contribution in [2.75, 3.05) is 29.6 Å². The Morgan fingerprint density at radius 3 is 2.83 bits per heavy atom. The summed E-state index contributed by atoms with van der Waals surface area (Å²) in [6, 6.07) is 3.59. The molecule has 0 spiro atoms. The first kappa shape index (κ1) is 21.5. The van der Waals surface area contributed by atoms with Gasteiger partial charge in [-0.05, 0) is 25.8 Å². The summed E-state index contributed by atoms with van der Waals surface area (Å²) in [5.74, 6) is 1.07. The third-order valence-corrected chi connectivity index (χ3v) is 5.70. The molecule has 0 saturated heterocycles. The Hall–Kier alpha value is -3.19. The normalized spacial score (nSPS) is 12.1. The van der Waals surface area contributed by atoms with Crippen LogP contribution in [0.2, 0.25) is 0 Å². The number of nitrogens with zero attached hydrogens (tertiary/aromatic N) is 5. The molecule has 3 aromatic rings. The minimum absolute atomic E-state index is 0.0993. The van der Waals surface area contributed by atoms with Crippen molar-refractivity contribution in [3.63, 3.8) is 0 Å². The van der Waals surface area contributed by atoms with E-state index < -0.39 is 10.8 Å². The maximum atomic E-state index is 12.6. The van der Waals surface area contributed by atoms with Gasteiger partial charge in [-0.1, -0.05) is 13.0 Å². The molecule has 158 valence electrons. The van der Waals surface area contributed by atoms with Crippen LogP contribution in [-0.4, -0.2) is 41.9 Å². The van der Waals surface area contributed by atoms with E-state index in [9.17, 15) is 9.00 Å². The average molecular weight is 428 g/mol. The fraction of sp³-hybridized carbons (Fsp3) is 0.400. The molecule has 0 saturated carbocycles. The van der Waals surface area contributed by atoms with Crippen molar-refractivity contribution < 1.29 is 4.21 Å². The first-order valence-corrected chi connectivity index (χ1v) is 11.4. The van der Waals surface area contributed by atoms with Gasteiger partial charge in [-0.15, -0.1) is 0 Å². The standard InChI is InChI=1S/C20H25N7O2S/c1-5-15-13(2)25-27-17(21)16(22-3)18(24-19(15)27)23-9-8-14-7-6-10-26(20(14)28)11-12-30(4)29/h6-7,10H,5,8-9,11-12,21H2,1-2,4H3,(H,23,24). The first-order valence-electron chi connectivity index (χ1n) is 9.64. The van der Waals surface area contributed by atoms with Gasteiger partial charge < -0.3 is 15.6 Å². The highest BCUT2D eigenvalue weighted by molar-refractivity contribution is 7.84. The second kappa shape index (κ2) is 9.09. The number of aromatic nitrogens is 4. The van der Waals surface area contributed by atoms with Crippen LogP contribution in [0, 0.1) is 13.5 Å². The van der Waals surface area contributed by atoms with Crippen LogP contribution in [0.4, 0.5) is 17.3 Å². The Balaban J connectivity index is 1.83. The van der Waals surface area contributed by atoms with Gasteiger partial charge in [-0.2, -0.15) is 5.10 Å². The van der Waals surface area contributed by atoms with E-state index >= 15 is 0 Å². The van der Waals surface area contributed by atoms with Crippen LogP contribution in [0.5, 0.6) is 0 Å². The zero-order valence-electron chi connectivity index (χ0n) is 17.3. The van der Waals surface area contributed by atoms with E-state index in [0.29, 0.717) is 42.3 Å². The number of rotatable bonds is 8. The first-order chi connectivity index (χ1) is 14.4. The topological polar surface area (TPSA) is 112 Å². The molecule has 9 nitrogen and oxygen atoms in total. The third-order valence-electron chi connectivity index (χ3n) is 4.94. The van der Waals surface area contributed by atoms with Gasteiger partial charge in [-0.25, -0.2) is 14.3 Å². The summed E-state index contributed by atoms with van der Waals surface area (Å²) in [6.07, 6.45) is 4.53. The van der Waals surface area contributed by atoms with Crippen molar-refractivity contribution in [1.82, 2.24) is 19.2 Å². The number of hydrogen-bond acceptors (Lipinski definition) is 6. The minimum Gasteiger partial charge on any atom is -0.392 e. The molecule has 0 fully saturated rings. The molecule has 0 aliphatic rings. The molecule has 1 unspecified atom stereocenters. The molecule has 0 bridgehead atoms. The lowest BCUT2D eigenvalue weighted by molar-refractivity contribution is 0.670. The molecule has 3 heterocycles. The Bertz CT molecular complexity index is 1210. The van der Waals surface area contributed by atoms with Gasteiger partial charge in [0.15, 0.2) is 5.65 Å². The maximum Gasteiger partial charge on any atom is 0.268 e. The van der Waals surface area contributed by atoms with E-state index in [-0.39, 0.29) is 17.1 Å². The summed E-state index contributed by atoms with van der Waals surface area (Å²) in [7, 11) is -0.958. The molecule has 1 atom stereocenters. The van der Waals surface area contributed by atoms with Crippen molar-refractivity contribution in [3.8, 4) is 0 Å². The second-order valence-corrected chi connectivity index (χ2v) is 8.50. The number of fused-ring (bicyclic) bond motifs is 1. The van der Waals surface area contributed by atoms with Crippen LogP contribution in [-0.2, 0) is 30.2 Å². The monoisotopic (exact) mass is 427 g/mol. The fourth-order valence-corrected chi connectivity index (χ4v) is 3.81. The number of nitrogens with two attached hydrogens (primary N) is 1. The highest BCUT2D eigenvalue weighted by atomic mass is 32.2. The molecule has 10 heteroatoms. The van der Waals surface area contributed by atoms with Gasteiger partial charge in [0.2, 0.25) is 0 Å². The molecule has 0 aromatic carbocycles. The van der Waals surface area contributed by atoms with Gasteiger partial charge in [0.1, 0.15) is 11.6 Å². The number of pyridine rings is 1. The smallest absolute Gasteiger partial charge is 0.268 e. The molecule has 0 aliphatic carbocycles. The van der Waals surface area contributed by atoms with Crippen molar-refractivity contribution in [3.05, 3.63) is 56.9 Å². The fourth-order valence-electron chi connectivity index (χ4n) is 3.35. The van der Waals surface area contributed by atoms with Crippen LogP contribution in [0.3, 0.4) is 0 Å². The maximum absolute atomic E-state index is 12.6. The van der Waals surface area contributed by atoms with Gasteiger partial charge >= 0.3 is 0 Å². The van der Waals surface area contributed by atoms with E-state index in [2.05, 4.69) is 20.2 Å². The van der Waals surface area contributed by atoms with Crippen LogP contribution in [0.25, 0.3) is 10.5 Å². The zero-order valence-corrected chi connectivity index (χ0v) is 18.1. The predicted molar refractivity (Wildman–Crippen MR) is 120 cm³/mol. The molecule has 3 N–H and O–H groups in total. The largest absolute Gasteiger partial charge is 0.392 e. The lowest BCUT2D eigenvalue weighted by Crippen LogP contribution is -2.26. The highest BCUT2D eigenvalue weighted by Crippen LogP contribution is 2.32. The van der Waals surface area contributed by atoms with E-state index in [4.69, 9.17) is 12.3 Å². The van der Waals surface area contributed by atoms with E-state index in [1.807, 2.05) is 19.9 Å². The van der Waals surface area contributed by atoms with E-state index in [1.54, 1.807) is 23.1 Å². The predicted octanol–water partition coefficient (Wildman–Crippen LogP) is 1.93. The molecule has 3 aromatic heterocycles. The number of anilines is 2. The Kier molecular flexibility index (Phi) is 6.52. The Morgan fingerprint density at radius 1 is 1.40 bits per heavy atom. The summed E-state index contributed by atoms with van der Waals surface area (Å²) >= 11 is 0. The lowest BCUT2D eigenvalue weighted by atomic mass is 10.2. The zero-order chi connectivity index (χ0) is 21.8. The van der Waals surface area contributed by atoms with Gasteiger partial charge in [0, 0.05) is 53.2 Å². The summed E-state index contributed by atoms with van der Waals surface area (Å²) < 4.78 is 14.4. The van der Waals surface area contributed by atoms with Crippen LogP contribution >= 0.6 is 0 Å². The minimum atomic E-state index is -0.958. The van der Waals surface area contributed by atoms with Gasteiger partial charge in [0.25, 0.3) is 11.2 Å². The summed E-state index contributed by atoms with van der Waals surface area (Å²) in [5, 5.41) is 7.56. The Labute approximate surface area is 177 Å². The quantitative estimate of drug-likeness (QED) is 0.531. The van der Waals surface area contributed by atoms with Crippen LogP contribution in [0.15, 0.2) is 23.1 Å². The summed E-state index contributed by atoms with van der Waals surface area (Å²) in [6.45, 7) is 12.2. The van der Waals surface area contributed by atoms with Crippen LogP contribution < -0.4 is 16.6 Å². The van der Waals surface area contributed by atoms with Gasteiger partial charge in [0.05, 0.1) is 12.3 Å². The molecule has 0 aliphatic heterocycles. The van der Waals surface area contributed by atoms with Crippen LogP contribution in [0.1, 0.15) is 23.7 Å². The van der Waals surface area contributed by atoms with Crippen molar-refractivity contribution >= 4 is 33.8 Å². The molecular formula is C20H25N7O2S. The molecule has 30 heavy (non-hydrogen) atoms. The summed E-state index contributed by atoms with van der Waals surface area (Å²) in [4.78, 5) is 20.7. The molecular weight excluding hydrogens is 402 g/mol. The van der Waals surface area contributed by atoms with E-state index in [1.165, 1.54) is 4.52 Å². The summed E-state index contributed by atoms with van der Waals surface area (Å²) in [5.41, 5.74) is 9.39. The number of nitrogen functional groups attached to an aromatic ring is 1. The highest BCUT2D eigenvalue weighted by Gasteiger charge is 2.18. The Morgan fingerprint density at radius 2 is 2.17 bits per heavy atom. The number of hydrogen-bond donors (Lipinski definition) is 2. The van der Waals surface area contributed by atoms with Gasteiger partial charge in [-0.3, -0.25) is 9.00 Å². The van der Waals surface area contributed by atoms with Crippen molar-refractivity contribution in [2.24, 2.45) is 0 Å². The number of aryl methyl sites for hydroxylation is 3. The second-order valence-electron chi connectivity index (χ2n) is 6.95. The number of nitrogens with one attached hydrogen (secondary N) is 1. The molecule has 0 radical (unpaired) electrons. The molecule has 0 amide bonds. The molecule has 3 rings (SSSR count). The van der Waals surface area contributed by atoms with Crippen molar-refractivity contribution in [1.29, 1.82) is 0 Å². The SMILES string of the molecule is [C-]#[N+]c1c(NCCc2cccn(CCS(C)=O)c2=O)nc2c(CC)c(C)nn2c1N. The van der Waals surface area contributed by atoms with Crippen molar-refractivity contribution in [2.45, 2.75) is 33.2 Å². The van der Waals surface area contributed by atoms with E-state index in [0.717, 1.165) is 17.7 Å².